The average molecular weight is 301 g/mol. The molecule has 0 aromatic carbocycles. The van der Waals surface area contributed by atoms with Crippen molar-refractivity contribution in [2.75, 3.05) is 7.11 Å². The van der Waals surface area contributed by atoms with Crippen molar-refractivity contribution in [3.63, 3.8) is 0 Å². The molecule has 1 aromatic heterocycles. The fourth-order valence-electron chi connectivity index (χ4n) is 4.02. The lowest BCUT2D eigenvalue weighted by molar-refractivity contribution is 0.0631. The Kier molecular flexibility index (Phi) is 3.24. The smallest absolute Gasteiger partial charge is 0.261 e. The monoisotopic (exact) mass is 301 g/mol. The summed E-state index contributed by atoms with van der Waals surface area (Å²) in [6, 6.07) is 0.724. The van der Waals surface area contributed by atoms with Crippen molar-refractivity contribution in [1.29, 1.82) is 0 Å². The first kappa shape index (κ1) is 13.9. The maximum atomic E-state index is 13.0. The van der Waals surface area contributed by atoms with Gasteiger partial charge in [0, 0.05) is 25.3 Å². The SMILES string of the molecule is COc1nn(C)cc1C(=O)N1C2CCC1CC(=CC1CC1)C2. The molecule has 4 rings (SSSR count). The summed E-state index contributed by atoms with van der Waals surface area (Å²) in [7, 11) is 3.39. The molecular weight excluding hydrogens is 278 g/mol. The first-order chi connectivity index (χ1) is 10.7. The van der Waals surface area contributed by atoms with Gasteiger partial charge in [-0.15, -0.1) is 5.10 Å². The van der Waals surface area contributed by atoms with E-state index >= 15 is 0 Å². The third-order valence-corrected chi connectivity index (χ3v) is 5.16. The number of nitrogens with zero attached hydrogens (tertiary/aromatic N) is 3. The molecule has 1 aliphatic carbocycles. The second-order valence-electron chi connectivity index (χ2n) is 6.89. The van der Waals surface area contributed by atoms with Gasteiger partial charge in [0.25, 0.3) is 5.91 Å². The van der Waals surface area contributed by atoms with E-state index in [-0.39, 0.29) is 5.91 Å². The molecule has 1 aromatic rings. The molecule has 3 fully saturated rings. The highest BCUT2D eigenvalue weighted by Gasteiger charge is 2.42. The summed E-state index contributed by atoms with van der Waals surface area (Å²) in [4.78, 5) is 15.1. The number of hydrogen-bond donors (Lipinski definition) is 0. The molecule has 2 saturated heterocycles. The van der Waals surface area contributed by atoms with Crippen LogP contribution in [0.4, 0.5) is 0 Å². The Morgan fingerprint density at radius 3 is 2.55 bits per heavy atom. The van der Waals surface area contributed by atoms with Crippen LogP contribution in [0, 0.1) is 5.92 Å². The summed E-state index contributed by atoms with van der Waals surface area (Å²) in [5.41, 5.74) is 2.17. The lowest BCUT2D eigenvalue weighted by atomic mass is 9.95. The summed E-state index contributed by atoms with van der Waals surface area (Å²) in [6.45, 7) is 0. The van der Waals surface area contributed by atoms with Crippen LogP contribution in [0.2, 0.25) is 0 Å². The number of ether oxygens (including phenoxy) is 1. The van der Waals surface area contributed by atoms with Gasteiger partial charge in [0.1, 0.15) is 5.56 Å². The maximum Gasteiger partial charge on any atom is 0.261 e. The Balaban J connectivity index is 1.57. The van der Waals surface area contributed by atoms with Crippen LogP contribution in [-0.4, -0.2) is 39.8 Å². The molecule has 0 spiro atoms. The van der Waals surface area contributed by atoms with Crippen LogP contribution in [0.15, 0.2) is 17.8 Å². The molecule has 2 atom stereocenters. The number of aromatic nitrogens is 2. The summed E-state index contributed by atoms with van der Waals surface area (Å²) >= 11 is 0. The number of amides is 1. The predicted molar refractivity (Wildman–Crippen MR) is 82.8 cm³/mol. The van der Waals surface area contributed by atoms with Crippen molar-refractivity contribution in [3.05, 3.63) is 23.4 Å². The first-order valence-electron chi connectivity index (χ1n) is 8.25. The topological polar surface area (TPSA) is 47.4 Å². The highest BCUT2D eigenvalue weighted by atomic mass is 16.5. The Hall–Kier alpha value is -1.78. The number of carbonyl (C=O) groups is 1. The van der Waals surface area contributed by atoms with E-state index in [2.05, 4.69) is 16.1 Å². The molecule has 5 heteroatoms. The van der Waals surface area contributed by atoms with Gasteiger partial charge >= 0.3 is 0 Å². The van der Waals surface area contributed by atoms with Gasteiger partial charge in [-0.25, -0.2) is 0 Å². The standard InChI is InChI=1S/C17H23N3O2/c1-19-10-15(16(18-19)22-2)17(21)20-13-5-6-14(20)9-12(8-13)7-11-3-4-11/h7,10-11,13-14H,3-6,8-9H2,1-2H3. The third-order valence-electron chi connectivity index (χ3n) is 5.16. The zero-order valence-corrected chi connectivity index (χ0v) is 13.3. The van der Waals surface area contributed by atoms with E-state index in [9.17, 15) is 4.79 Å². The summed E-state index contributed by atoms with van der Waals surface area (Å²) in [6.07, 6.45) is 11.3. The van der Waals surface area contributed by atoms with Crippen LogP contribution in [0.1, 0.15) is 48.9 Å². The molecule has 1 saturated carbocycles. The maximum absolute atomic E-state index is 13.0. The number of carbonyl (C=O) groups excluding carboxylic acids is 1. The van der Waals surface area contributed by atoms with Crippen LogP contribution in [-0.2, 0) is 7.05 Å². The minimum absolute atomic E-state index is 0.0860. The number of fused-ring (bicyclic) bond motifs is 2. The first-order valence-corrected chi connectivity index (χ1v) is 8.25. The summed E-state index contributed by atoms with van der Waals surface area (Å²) < 4.78 is 6.91. The molecular formula is C17H23N3O2. The van der Waals surface area contributed by atoms with E-state index in [1.54, 1.807) is 23.6 Å². The fraction of sp³-hybridized carbons (Fsp3) is 0.647. The van der Waals surface area contributed by atoms with Crippen LogP contribution in [0.25, 0.3) is 0 Å². The second kappa shape index (κ2) is 5.14. The molecule has 2 aliphatic heterocycles. The quantitative estimate of drug-likeness (QED) is 0.806. The Labute approximate surface area is 130 Å². The number of aryl methyl sites for hydroxylation is 1. The Morgan fingerprint density at radius 2 is 1.95 bits per heavy atom. The molecule has 0 radical (unpaired) electrons. The van der Waals surface area contributed by atoms with Crippen LogP contribution in [0.3, 0.4) is 0 Å². The number of piperidine rings is 1. The van der Waals surface area contributed by atoms with Crippen LogP contribution >= 0.6 is 0 Å². The van der Waals surface area contributed by atoms with Crippen molar-refractivity contribution in [2.45, 2.75) is 50.6 Å². The van der Waals surface area contributed by atoms with Gasteiger partial charge in [-0.1, -0.05) is 11.6 Å². The van der Waals surface area contributed by atoms with Gasteiger partial charge < -0.3 is 9.64 Å². The largest absolute Gasteiger partial charge is 0.479 e. The van der Waals surface area contributed by atoms with Gasteiger partial charge in [-0.2, -0.15) is 0 Å². The van der Waals surface area contributed by atoms with Gasteiger partial charge in [-0.3, -0.25) is 9.48 Å². The molecule has 5 nitrogen and oxygen atoms in total. The number of hydrogen-bond acceptors (Lipinski definition) is 3. The number of rotatable bonds is 3. The molecule has 0 N–H and O–H groups in total. The van der Waals surface area contributed by atoms with Crippen LogP contribution in [0.5, 0.6) is 5.88 Å². The highest BCUT2D eigenvalue weighted by Crippen LogP contribution is 2.42. The van der Waals surface area contributed by atoms with E-state index in [0.29, 0.717) is 23.5 Å². The van der Waals surface area contributed by atoms with Crippen molar-refractivity contribution in [1.82, 2.24) is 14.7 Å². The highest BCUT2D eigenvalue weighted by molar-refractivity contribution is 5.97. The van der Waals surface area contributed by atoms with Crippen LogP contribution < -0.4 is 4.74 Å². The molecule has 2 bridgehead atoms. The third kappa shape index (κ3) is 2.32. The minimum atomic E-state index is 0.0860. The average Bonchev–Trinajstić information content (AvgIpc) is 3.16. The molecule has 118 valence electrons. The molecule has 2 unspecified atom stereocenters. The van der Waals surface area contributed by atoms with Crippen molar-refractivity contribution in [3.8, 4) is 5.88 Å². The van der Waals surface area contributed by atoms with Gasteiger partial charge in [0.2, 0.25) is 5.88 Å². The van der Waals surface area contributed by atoms with E-state index in [0.717, 1.165) is 31.6 Å². The van der Waals surface area contributed by atoms with E-state index in [1.807, 2.05) is 7.05 Å². The van der Waals surface area contributed by atoms with E-state index in [4.69, 9.17) is 4.74 Å². The Morgan fingerprint density at radius 1 is 1.27 bits per heavy atom. The van der Waals surface area contributed by atoms with Gasteiger partial charge in [-0.05, 0) is 44.4 Å². The summed E-state index contributed by atoms with van der Waals surface area (Å²) in [5, 5.41) is 4.21. The number of methoxy groups -OCH3 is 1. The Bertz CT molecular complexity index is 614. The fourth-order valence-corrected chi connectivity index (χ4v) is 4.02. The zero-order valence-electron chi connectivity index (χ0n) is 13.3. The lowest BCUT2D eigenvalue weighted by Crippen LogP contribution is -2.44. The second-order valence-corrected chi connectivity index (χ2v) is 6.89. The van der Waals surface area contributed by atoms with E-state index in [1.165, 1.54) is 12.8 Å². The molecule has 1 amide bonds. The summed E-state index contributed by atoms with van der Waals surface area (Å²) in [5.74, 6) is 1.35. The minimum Gasteiger partial charge on any atom is -0.479 e. The van der Waals surface area contributed by atoms with Crippen molar-refractivity contribution < 1.29 is 9.53 Å². The number of allylic oxidation sites excluding steroid dienone is 1. The van der Waals surface area contributed by atoms with Crippen molar-refractivity contribution in [2.24, 2.45) is 13.0 Å². The van der Waals surface area contributed by atoms with Crippen molar-refractivity contribution >= 4 is 5.91 Å². The molecule has 3 heterocycles. The van der Waals surface area contributed by atoms with Gasteiger partial charge in [0.05, 0.1) is 7.11 Å². The predicted octanol–water partition coefficient (Wildman–Crippen LogP) is 2.53. The van der Waals surface area contributed by atoms with E-state index < -0.39 is 0 Å². The molecule has 22 heavy (non-hydrogen) atoms. The normalized spacial score (nSPS) is 27.2. The van der Waals surface area contributed by atoms with Gasteiger partial charge in [0.15, 0.2) is 0 Å². The zero-order chi connectivity index (χ0) is 15.3. The lowest BCUT2D eigenvalue weighted by Gasteiger charge is -2.36. The molecule has 3 aliphatic rings.